The quantitative estimate of drug-likeness (QED) is 0.589. The summed E-state index contributed by atoms with van der Waals surface area (Å²) in [6.07, 6.45) is 0. The topological polar surface area (TPSA) is 67.3 Å². The third-order valence-corrected chi connectivity index (χ3v) is 3.83. The Balaban J connectivity index is 1.80. The fourth-order valence-corrected chi connectivity index (χ4v) is 2.62. The van der Waals surface area contributed by atoms with Crippen LogP contribution in [0.1, 0.15) is 0 Å². The van der Waals surface area contributed by atoms with Crippen molar-refractivity contribution in [1.82, 2.24) is 9.97 Å². The van der Waals surface area contributed by atoms with E-state index in [2.05, 4.69) is 15.3 Å². The molecule has 5 nitrogen and oxygen atoms in total. The van der Waals surface area contributed by atoms with Crippen molar-refractivity contribution in [3.63, 3.8) is 0 Å². The highest BCUT2D eigenvalue weighted by molar-refractivity contribution is 5.87. The van der Waals surface area contributed by atoms with Crippen molar-refractivity contribution >= 4 is 27.6 Å². The number of phenols is 1. The van der Waals surface area contributed by atoms with Crippen molar-refractivity contribution in [2.75, 3.05) is 12.4 Å². The zero-order chi connectivity index (χ0) is 16.5. The van der Waals surface area contributed by atoms with Crippen LogP contribution in [0.15, 0.2) is 60.7 Å². The molecule has 4 rings (SSSR count). The van der Waals surface area contributed by atoms with Gasteiger partial charge in [-0.05, 0) is 30.3 Å². The summed E-state index contributed by atoms with van der Waals surface area (Å²) in [6, 6.07) is 18.6. The van der Waals surface area contributed by atoms with Crippen LogP contribution in [0.5, 0.6) is 17.4 Å². The van der Waals surface area contributed by atoms with Crippen molar-refractivity contribution in [2.45, 2.75) is 0 Å². The van der Waals surface area contributed by atoms with Crippen LogP contribution < -0.4 is 10.1 Å². The van der Waals surface area contributed by atoms with Gasteiger partial charge in [0.05, 0.1) is 0 Å². The lowest BCUT2D eigenvalue weighted by atomic mass is 10.2. The summed E-state index contributed by atoms with van der Waals surface area (Å²) in [6.45, 7) is 0. The smallest absolute Gasteiger partial charge is 0.220 e. The molecule has 2 aromatic carbocycles. The summed E-state index contributed by atoms with van der Waals surface area (Å²) in [5.74, 6) is 1.93. The number of ether oxygens (including phenoxy) is 1. The Kier molecular flexibility index (Phi) is 3.39. The van der Waals surface area contributed by atoms with Gasteiger partial charge in [0, 0.05) is 23.9 Å². The first-order valence-corrected chi connectivity index (χ1v) is 7.59. The molecule has 0 unspecified atom stereocenters. The highest BCUT2D eigenvalue weighted by Gasteiger charge is 2.08. The van der Waals surface area contributed by atoms with Crippen LogP contribution in [0, 0.1) is 0 Å². The number of aromatic hydroxyl groups is 1. The Morgan fingerprint density at radius 2 is 1.58 bits per heavy atom. The van der Waals surface area contributed by atoms with E-state index in [1.165, 1.54) is 0 Å². The Morgan fingerprint density at radius 1 is 0.833 bits per heavy atom. The molecule has 4 aromatic rings. The predicted octanol–water partition coefficient (Wildman–Crippen LogP) is 4.32. The molecular weight excluding hydrogens is 302 g/mol. The number of pyridine rings is 2. The van der Waals surface area contributed by atoms with Gasteiger partial charge in [-0.25, -0.2) is 9.97 Å². The third-order valence-electron chi connectivity index (χ3n) is 3.83. The summed E-state index contributed by atoms with van der Waals surface area (Å²) in [5.41, 5.74) is 1.27. The molecule has 0 atom stereocenters. The second-order valence-electron chi connectivity index (χ2n) is 5.37. The van der Waals surface area contributed by atoms with E-state index in [4.69, 9.17) is 4.74 Å². The Labute approximate surface area is 138 Å². The summed E-state index contributed by atoms with van der Waals surface area (Å²) >= 11 is 0. The number of hydrogen-bond donors (Lipinski definition) is 2. The van der Waals surface area contributed by atoms with Crippen molar-refractivity contribution < 1.29 is 9.84 Å². The molecule has 2 heterocycles. The second kappa shape index (κ2) is 5.70. The van der Waals surface area contributed by atoms with E-state index in [1.807, 2.05) is 49.5 Å². The normalized spacial score (nSPS) is 10.9. The average Bonchev–Trinajstić information content (AvgIpc) is 2.62. The summed E-state index contributed by atoms with van der Waals surface area (Å²) in [7, 11) is 1.82. The first-order chi connectivity index (χ1) is 11.7. The predicted molar refractivity (Wildman–Crippen MR) is 94.8 cm³/mol. The van der Waals surface area contributed by atoms with Crippen LogP contribution >= 0.6 is 0 Å². The number of rotatable bonds is 3. The van der Waals surface area contributed by atoms with Gasteiger partial charge in [0.2, 0.25) is 5.88 Å². The fraction of sp³-hybridized carbons (Fsp3) is 0.0526. The number of nitrogens with one attached hydrogen (secondary N) is 1. The Bertz CT molecular complexity index is 1050. The molecular formula is C19H15N3O2. The lowest BCUT2D eigenvalue weighted by Crippen LogP contribution is -1.95. The summed E-state index contributed by atoms with van der Waals surface area (Å²) in [4.78, 5) is 8.96. The van der Waals surface area contributed by atoms with E-state index in [9.17, 15) is 5.11 Å². The molecule has 0 aliphatic heterocycles. The molecule has 0 fully saturated rings. The van der Waals surface area contributed by atoms with E-state index in [0.29, 0.717) is 17.1 Å². The zero-order valence-electron chi connectivity index (χ0n) is 13.0. The minimum atomic E-state index is 0.131. The van der Waals surface area contributed by atoms with Crippen molar-refractivity contribution in [3.8, 4) is 17.4 Å². The van der Waals surface area contributed by atoms with Crippen LogP contribution in [0.25, 0.3) is 21.8 Å². The third kappa shape index (κ3) is 2.46. The number of fused-ring (bicyclic) bond motifs is 2. The Hall–Kier alpha value is -3.34. The van der Waals surface area contributed by atoms with Gasteiger partial charge in [0.15, 0.2) is 5.75 Å². The molecule has 0 amide bonds. The maximum Gasteiger partial charge on any atom is 0.220 e. The molecule has 0 bridgehead atoms. The molecule has 24 heavy (non-hydrogen) atoms. The Morgan fingerprint density at radius 3 is 2.42 bits per heavy atom. The average molecular weight is 317 g/mol. The number of hydrogen-bond acceptors (Lipinski definition) is 5. The first-order valence-electron chi connectivity index (χ1n) is 7.59. The SMILES string of the molecule is CNc1ccc2cccc(Oc3ccc4cccc(O)c4n3)c2n1. The van der Waals surface area contributed by atoms with Crippen molar-refractivity contribution in [1.29, 1.82) is 0 Å². The van der Waals surface area contributed by atoms with E-state index < -0.39 is 0 Å². The minimum absolute atomic E-state index is 0.131. The molecule has 0 aliphatic rings. The largest absolute Gasteiger partial charge is 0.506 e. The summed E-state index contributed by atoms with van der Waals surface area (Å²) < 4.78 is 5.94. The highest BCUT2D eigenvalue weighted by atomic mass is 16.5. The minimum Gasteiger partial charge on any atom is -0.506 e. The number of phenolic OH excluding ortho intramolecular Hbond substituents is 1. The van der Waals surface area contributed by atoms with Gasteiger partial charge in [-0.15, -0.1) is 0 Å². The van der Waals surface area contributed by atoms with E-state index in [0.717, 1.165) is 22.1 Å². The van der Waals surface area contributed by atoms with E-state index in [-0.39, 0.29) is 5.75 Å². The van der Waals surface area contributed by atoms with Crippen LogP contribution in [0.4, 0.5) is 5.82 Å². The number of anilines is 1. The molecule has 0 aliphatic carbocycles. The van der Waals surface area contributed by atoms with Crippen molar-refractivity contribution in [2.24, 2.45) is 0 Å². The van der Waals surface area contributed by atoms with E-state index >= 15 is 0 Å². The molecule has 2 N–H and O–H groups in total. The zero-order valence-corrected chi connectivity index (χ0v) is 13.0. The van der Waals surface area contributed by atoms with Gasteiger partial charge in [0.25, 0.3) is 0 Å². The fourth-order valence-electron chi connectivity index (χ4n) is 2.62. The van der Waals surface area contributed by atoms with Gasteiger partial charge < -0.3 is 15.2 Å². The van der Waals surface area contributed by atoms with Crippen LogP contribution in [0.3, 0.4) is 0 Å². The lowest BCUT2D eigenvalue weighted by molar-refractivity contribution is 0.463. The maximum atomic E-state index is 9.96. The lowest BCUT2D eigenvalue weighted by Gasteiger charge is -2.10. The van der Waals surface area contributed by atoms with E-state index in [1.54, 1.807) is 18.2 Å². The number of nitrogens with zero attached hydrogens (tertiary/aromatic N) is 2. The second-order valence-corrected chi connectivity index (χ2v) is 5.37. The maximum absolute atomic E-state index is 9.96. The van der Waals surface area contributed by atoms with Crippen LogP contribution in [0.2, 0.25) is 0 Å². The highest BCUT2D eigenvalue weighted by Crippen LogP contribution is 2.31. The summed E-state index contributed by atoms with van der Waals surface area (Å²) in [5, 5.41) is 14.8. The molecule has 0 saturated carbocycles. The number of benzene rings is 2. The number of aromatic nitrogens is 2. The van der Waals surface area contributed by atoms with Crippen molar-refractivity contribution in [3.05, 3.63) is 60.7 Å². The standard InChI is InChI=1S/C19H15N3O2/c1-20-16-10-8-13-5-3-7-15(19(13)21-16)24-17-11-9-12-4-2-6-14(23)18(12)22-17/h2-11,23H,1H3,(H,20,21). The number of para-hydroxylation sites is 2. The molecule has 118 valence electrons. The van der Waals surface area contributed by atoms with Crippen LogP contribution in [-0.4, -0.2) is 22.1 Å². The first kappa shape index (κ1) is 14.3. The molecule has 0 radical (unpaired) electrons. The molecule has 2 aromatic heterocycles. The van der Waals surface area contributed by atoms with Gasteiger partial charge in [-0.1, -0.05) is 24.3 Å². The van der Waals surface area contributed by atoms with Gasteiger partial charge >= 0.3 is 0 Å². The van der Waals surface area contributed by atoms with Gasteiger partial charge in [-0.3, -0.25) is 0 Å². The van der Waals surface area contributed by atoms with Gasteiger partial charge in [-0.2, -0.15) is 0 Å². The van der Waals surface area contributed by atoms with Gasteiger partial charge in [0.1, 0.15) is 22.6 Å². The molecule has 5 heteroatoms. The molecule has 0 spiro atoms. The molecule has 0 saturated heterocycles. The van der Waals surface area contributed by atoms with Crippen LogP contribution in [-0.2, 0) is 0 Å². The monoisotopic (exact) mass is 317 g/mol.